The third-order valence-corrected chi connectivity index (χ3v) is 6.53. The van der Waals surface area contributed by atoms with Crippen LogP contribution in [0.1, 0.15) is 68.0 Å². The monoisotopic (exact) mass is 660 g/mol. The molecule has 0 saturated heterocycles. The van der Waals surface area contributed by atoms with Gasteiger partial charge >= 0.3 is 0 Å². The van der Waals surface area contributed by atoms with Crippen LogP contribution in [-0.2, 0) is 33.9 Å². The second kappa shape index (κ2) is 16.9. The van der Waals surface area contributed by atoms with Crippen LogP contribution >= 0.6 is 0 Å². The van der Waals surface area contributed by atoms with Gasteiger partial charge in [0.05, 0.1) is 0 Å². The van der Waals surface area contributed by atoms with Crippen LogP contribution in [0.4, 0.5) is 0 Å². The molecule has 37 heavy (non-hydrogen) atoms. The van der Waals surface area contributed by atoms with Crippen molar-refractivity contribution in [2.45, 2.75) is 68.2 Å². The van der Waals surface area contributed by atoms with Gasteiger partial charge in [-0.3, -0.25) is 0 Å². The smallest absolute Gasteiger partial charge is 0 e. The van der Waals surface area contributed by atoms with Crippen molar-refractivity contribution in [1.82, 2.24) is 0 Å². The minimum absolute atomic E-state index is 0. The quantitative estimate of drug-likeness (QED) is 0.193. The first kappa shape index (κ1) is 32.3. The Morgan fingerprint density at radius 3 is 1.41 bits per heavy atom. The maximum Gasteiger partial charge on any atom is 0 e. The van der Waals surface area contributed by atoms with Crippen LogP contribution in [0.2, 0.25) is 0 Å². The normalized spacial score (nSPS) is 10.1. The van der Waals surface area contributed by atoms with Gasteiger partial charge in [0.15, 0.2) is 0 Å². The van der Waals surface area contributed by atoms with E-state index >= 15 is 0 Å². The van der Waals surface area contributed by atoms with E-state index in [4.69, 9.17) is 0 Å². The van der Waals surface area contributed by atoms with Crippen LogP contribution in [0.15, 0.2) is 91.0 Å². The molecule has 0 N–H and O–H groups in total. The molecule has 0 aliphatic rings. The van der Waals surface area contributed by atoms with Crippen molar-refractivity contribution in [1.29, 1.82) is 0 Å². The molecule has 0 amide bonds. The van der Waals surface area contributed by atoms with Crippen LogP contribution in [0.25, 0.3) is 28.3 Å². The number of benzene rings is 4. The van der Waals surface area contributed by atoms with Crippen LogP contribution in [0.5, 0.6) is 0 Å². The molecule has 4 aromatic rings. The third-order valence-electron chi connectivity index (χ3n) is 6.53. The largest absolute Gasteiger partial charge is 0.0871 e. The fourth-order valence-electron chi connectivity index (χ4n) is 4.27. The molecule has 4 aromatic carbocycles. The molecule has 0 aliphatic heterocycles. The van der Waals surface area contributed by atoms with Gasteiger partial charge in [0.2, 0.25) is 0 Å². The summed E-state index contributed by atoms with van der Waals surface area (Å²) in [5.74, 6) is 0. The second-order valence-electron chi connectivity index (χ2n) is 8.70. The van der Waals surface area contributed by atoms with Gasteiger partial charge in [0.1, 0.15) is 0 Å². The van der Waals surface area contributed by atoms with E-state index in [1.165, 1.54) is 55.6 Å². The first-order chi connectivity index (χ1) is 17.5. The molecule has 0 unspecified atom stereocenters. The summed E-state index contributed by atoms with van der Waals surface area (Å²) in [5.41, 5.74) is 13.3. The Morgan fingerprint density at radius 2 is 0.946 bits per heavy atom. The molecule has 0 aromatic heterocycles. The third kappa shape index (κ3) is 8.98. The van der Waals surface area contributed by atoms with Crippen LogP contribution in [0, 0.1) is 20.8 Å². The summed E-state index contributed by atoms with van der Waals surface area (Å²) in [4.78, 5) is 0. The van der Waals surface area contributed by atoms with Crippen molar-refractivity contribution in [3.63, 3.8) is 0 Å². The van der Waals surface area contributed by atoms with Crippen molar-refractivity contribution in [3.8, 4) is 22.3 Å². The molecule has 0 spiro atoms. The summed E-state index contributed by atoms with van der Waals surface area (Å²) < 4.78 is 0. The molecule has 0 radical (unpaired) electrons. The van der Waals surface area contributed by atoms with Gasteiger partial charge in [-0.05, 0) is 90.6 Å². The van der Waals surface area contributed by atoms with E-state index in [0.29, 0.717) is 0 Å². The first-order valence-corrected chi connectivity index (χ1v) is 13.5. The Labute approximate surface area is 241 Å². The Bertz CT molecular complexity index is 1210. The van der Waals surface area contributed by atoms with E-state index in [2.05, 4.69) is 125 Å². The molecule has 0 atom stereocenters. The van der Waals surface area contributed by atoms with Crippen molar-refractivity contribution in [2.24, 2.45) is 0 Å². The molecule has 0 bridgehead atoms. The minimum atomic E-state index is 0. The van der Waals surface area contributed by atoms with Crippen molar-refractivity contribution in [2.75, 3.05) is 0 Å². The zero-order valence-corrected chi connectivity index (χ0v) is 27.0. The average Bonchev–Trinajstić information content (AvgIpc) is 2.94. The van der Waals surface area contributed by atoms with Gasteiger partial charge in [-0.15, -0.1) is 0 Å². The van der Waals surface area contributed by atoms with E-state index in [9.17, 15) is 0 Å². The Hall–Kier alpha value is -2.69. The van der Waals surface area contributed by atoms with Gasteiger partial charge in [0, 0.05) is 21.1 Å². The molecule has 0 aliphatic carbocycles. The molecule has 0 heterocycles. The number of hydrogen-bond donors (Lipinski definition) is 0. The van der Waals surface area contributed by atoms with Gasteiger partial charge in [-0.2, -0.15) is 0 Å². The zero-order valence-electron chi connectivity index (χ0n) is 24.1. The van der Waals surface area contributed by atoms with Crippen molar-refractivity contribution in [3.05, 3.63) is 124 Å². The van der Waals surface area contributed by atoms with Crippen LogP contribution < -0.4 is 0 Å². The van der Waals surface area contributed by atoms with Crippen molar-refractivity contribution < 1.29 is 21.1 Å². The number of rotatable bonds is 6. The van der Waals surface area contributed by atoms with Gasteiger partial charge in [-0.25, -0.2) is 0 Å². The van der Waals surface area contributed by atoms with E-state index in [1.54, 1.807) is 0 Å². The summed E-state index contributed by atoms with van der Waals surface area (Å²) in [5, 5.41) is 0. The molecule has 1 heteroatoms. The van der Waals surface area contributed by atoms with E-state index in [1.807, 2.05) is 27.7 Å². The molecule has 4 rings (SSSR count). The van der Waals surface area contributed by atoms with Gasteiger partial charge < -0.3 is 0 Å². The molecule has 0 saturated carbocycles. The van der Waals surface area contributed by atoms with E-state index < -0.39 is 0 Å². The molecule has 194 valence electrons. The van der Waals surface area contributed by atoms with Gasteiger partial charge in [0.25, 0.3) is 0 Å². The Balaban J connectivity index is 0.00000131. The van der Waals surface area contributed by atoms with E-state index in [-0.39, 0.29) is 21.1 Å². The maximum absolute atomic E-state index is 2.29. The number of hydrogen-bond acceptors (Lipinski definition) is 0. The van der Waals surface area contributed by atoms with Crippen molar-refractivity contribution >= 4 is 6.08 Å². The molecular weight excluding hydrogens is 616 g/mol. The molecule has 0 nitrogen and oxygen atoms in total. The topological polar surface area (TPSA) is 0 Å². The molecule has 0 fully saturated rings. The standard InChI is InChI=1S/C32H32.2C2H6.W/c1-5-6-27-17-18-28(25(4)24(27)3)14-9-26-10-15-30(16-11-26)32-21-19-31(20-22-32)29-12-7-23(2)8-13-29;2*1-2;/h5-8,10-13,15-22H,9,14H2,1-4H3;2*1-2H3;/b6-5+;;;. The maximum atomic E-state index is 2.29. The predicted octanol–water partition coefficient (Wildman–Crippen LogP) is 10.8. The summed E-state index contributed by atoms with van der Waals surface area (Å²) in [6.07, 6.45) is 6.44. The van der Waals surface area contributed by atoms with E-state index in [0.717, 1.165) is 12.8 Å². The SMILES string of the molecule is C/C=C/c1ccc(CCc2ccc(-c3ccc(-c4ccc(C)cc4)cc3)cc2)c(C)c1C.CC.CC.[W]. The summed E-state index contributed by atoms with van der Waals surface area (Å²) in [6, 6.07) is 31.2. The number of allylic oxidation sites excluding steroid dienone is 1. The Morgan fingerprint density at radius 1 is 0.514 bits per heavy atom. The zero-order chi connectivity index (χ0) is 26.5. The summed E-state index contributed by atoms with van der Waals surface area (Å²) >= 11 is 0. The number of aryl methyl sites for hydroxylation is 3. The average molecular weight is 661 g/mol. The van der Waals surface area contributed by atoms with Gasteiger partial charge in [-0.1, -0.05) is 130 Å². The Kier molecular flexibility index (Phi) is 14.8. The predicted molar refractivity (Wildman–Crippen MR) is 163 cm³/mol. The van der Waals surface area contributed by atoms with Crippen LogP contribution in [-0.4, -0.2) is 0 Å². The first-order valence-electron chi connectivity index (χ1n) is 13.5. The fourth-order valence-corrected chi connectivity index (χ4v) is 4.27. The fraction of sp³-hybridized carbons (Fsp3) is 0.278. The second-order valence-corrected chi connectivity index (χ2v) is 8.70. The molecular formula is C36H44W. The summed E-state index contributed by atoms with van der Waals surface area (Å²) in [7, 11) is 0. The van der Waals surface area contributed by atoms with Crippen LogP contribution in [0.3, 0.4) is 0 Å². The summed E-state index contributed by atoms with van der Waals surface area (Å²) in [6.45, 7) is 16.7. The minimum Gasteiger partial charge on any atom is -0.0871 e.